The van der Waals surface area contributed by atoms with Gasteiger partial charge in [-0.15, -0.1) is 22.7 Å². The molecule has 0 aliphatic carbocycles. The van der Waals surface area contributed by atoms with Gasteiger partial charge in [0.15, 0.2) is 0 Å². The van der Waals surface area contributed by atoms with E-state index in [-0.39, 0.29) is 0 Å². The van der Waals surface area contributed by atoms with E-state index in [2.05, 4.69) is 33.2 Å². The molecular weight excluding hydrogens is 238 g/mol. The molecule has 1 fully saturated rings. The van der Waals surface area contributed by atoms with Gasteiger partial charge < -0.3 is 9.64 Å². The smallest absolute Gasteiger partial charge is 0.0704 e. The predicted molar refractivity (Wildman–Crippen MR) is 69.5 cm³/mol. The second-order valence-corrected chi connectivity index (χ2v) is 5.30. The molecule has 4 heteroatoms. The molecule has 83 valence electrons. The number of ether oxygens (including phenoxy) is 1. The van der Waals surface area contributed by atoms with E-state index in [0.29, 0.717) is 0 Å². The van der Waals surface area contributed by atoms with Gasteiger partial charge in [-0.1, -0.05) is 6.07 Å². The van der Waals surface area contributed by atoms with Gasteiger partial charge in [0.1, 0.15) is 0 Å². The third-order valence-corrected chi connectivity index (χ3v) is 4.27. The summed E-state index contributed by atoms with van der Waals surface area (Å²) in [7, 11) is 0. The average molecular weight is 250 g/mol. The summed E-state index contributed by atoms with van der Waals surface area (Å²) >= 11 is 3.44. The molecule has 1 aliphatic rings. The van der Waals surface area contributed by atoms with Crippen molar-refractivity contribution in [3.05, 3.63) is 28.3 Å². The van der Waals surface area contributed by atoms with Gasteiger partial charge in [-0.05, 0) is 11.4 Å². The van der Waals surface area contributed by atoms with Crippen LogP contribution in [0.15, 0.2) is 22.9 Å². The van der Waals surface area contributed by atoms with Gasteiger partial charge >= 0.3 is 0 Å². The molecule has 2 aromatic rings. The fraction of sp³-hybridized carbons (Fsp3) is 0.333. The van der Waals surface area contributed by atoms with Gasteiger partial charge in [-0.25, -0.2) is 0 Å². The van der Waals surface area contributed by atoms with Crippen molar-refractivity contribution in [3.8, 4) is 10.4 Å². The van der Waals surface area contributed by atoms with E-state index < -0.39 is 0 Å². The Kier molecular flexibility index (Phi) is 2.95. The van der Waals surface area contributed by atoms with E-state index in [9.17, 15) is 0 Å². The number of morpholine rings is 1. The molecule has 0 atom stereocenters. The number of rotatable bonds is 2. The monoisotopic (exact) mass is 250 g/mol. The minimum atomic E-state index is 0.827. The molecule has 0 amide bonds. The van der Waals surface area contributed by atoms with Crippen LogP contribution in [-0.4, -0.2) is 26.3 Å². The second-order valence-electron chi connectivity index (χ2n) is 3.68. The normalized spacial score (nSPS) is 16.6. The highest BCUT2D eigenvalue weighted by Gasteiger charge is 2.17. The Morgan fingerprint density at radius 2 is 2.19 bits per heavy atom. The number of hydrogen-bond donors (Lipinski definition) is 0. The maximum Gasteiger partial charge on any atom is 0.0704 e. The van der Waals surface area contributed by atoms with Crippen molar-refractivity contribution in [2.45, 2.75) is 0 Å². The minimum Gasteiger partial charge on any atom is -0.378 e. The average Bonchev–Trinajstić information content (AvgIpc) is 3.01. The van der Waals surface area contributed by atoms with Crippen LogP contribution in [0.1, 0.15) is 0 Å². The summed E-state index contributed by atoms with van der Waals surface area (Å²) < 4.78 is 5.38. The molecule has 0 saturated carbocycles. The van der Waals surface area contributed by atoms with Crippen molar-refractivity contribution in [2.75, 3.05) is 31.2 Å². The Labute approximate surface area is 103 Å². The third-order valence-electron chi connectivity index (χ3n) is 2.70. The highest BCUT2D eigenvalue weighted by atomic mass is 32.1. The van der Waals surface area contributed by atoms with Crippen LogP contribution in [0.25, 0.3) is 10.4 Å². The fourth-order valence-electron chi connectivity index (χ4n) is 1.88. The van der Waals surface area contributed by atoms with E-state index >= 15 is 0 Å². The maximum absolute atomic E-state index is 5.38. The molecule has 1 aliphatic heterocycles. The standard InChI is InChI=1S/C12H12NOS2/c1-2-12(16-7-1)10-8-15-9-11(10)13-3-5-14-6-4-13/h1-2,7-8H,3-6H2. The Bertz CT molecular complexity index is 443. The molecule has 0 unspecified atom stereocenters. The van der Waals surface area contributed by atoms with Gasteiger partial charge in [-0.2, -0.15) is 0 Å². The Hall–Kier alpha value is -0.840. The van der Waals surface area contributed by atoms with Gasteiger partial charge in [0.25, 0.3) is 0 Å². The lowest BCUT2D eigenvalue weighted by molar-refractivity contribution is 0.123. The van der Waals surface area contributed by atoms with Crippen molar-refractivity contribution >= 4 is 28.4 Å². The number of nitrogens with zero attached hydrogens (tertiary/aromatic N) is 1. The molecule has 2 nitrogen and oxygen atoms in total. The first kappa shape index (κ1) is 10.3. The molecule has 1 saturated heterocycles. The minimum absolute atomic E-state index is 0.827. The van der Waals surface area contributed by atoms with Crippen LogP contribution in [0.4, 0.5) is 5.69 Å². The van der Waals surface area contributed by atoms with Crippen LogP contribution in [0.3, 0.4) is 0 Å². The second kappa shape index (κ2) is 4.57. The van der Waals surface area contributed by atoms with Crippen LogP contribution in [0.2, 0.25) is 0 Å². The molecule has 3 rings (SSSR count). The van der Waals surface area contributed by atoms with Crippen LogP contribution in [0, 0.1) is 5.38 Å². The van der Waals surface area contributed by atoms with E-state index in [0.717, 1.165) is 26.3 Å². The third kappa shape index (κ3) is 1.88. The summed E-state index contributed by atoms with van der Waals surface area (Å²) in [5, 5.41) is 7.69. The van der Waals surface area contributed by atoms with E-state index in [1.54, 1.807) is 22.7 Å². The molecule has 3 heterocycles. The lowest BCUT2D eigenvalue weighted by Gasteiger charge is -2.28. The molecule has 0 bridgehead atoms. The zero-order valence-electron chi connectivity index (χ0n) is 8.81. The molecule has 16 heavy (non-hydrogen) atoms. The number of thiophene rings is 2. The summed E-state index contributed by atoms with van der Waals surface area (Å²) in [5.41, 5.74) is 2.57. The number of hydrogen-bond acceptors (Lipinski definition) is 4. The quantitative estimate of drug-likeness (QED) is 0.812. The van der Waals surface area contributed by atoms with E-state index in [1.165, 1.54) is 16.1 Å². The van der Waals surface area contributed by atoms with Crippen molar-refractivity contribution in [3.63, 3.8) is 0 Å². The molecule has 2 aromatic heterocycles. The Balaban J connectivity index is 1.92. The zero-order valence-corrected chi connectivity index (χ0v) is 10.4. The molecule has 0 N–H and O–H groups in total. The topological polar surface area (TPSA) is 12.5 Å². The predicted octanol–water partition coefficient (Wildman–Crippen LogP) is 3.11. The molecular formula is C12H12NOS2. The van der Waals surface area contributed by atoms with Crippen LogP contribution in [0.5, 0.6) is 0 Å². The summed E-state index contributed by atoms with van der Waals surface area (Å²) in [6.45, 7) is 3.61. The summed E-state index contributed by atoms with van der Waals surface area (Å²) in [5.74, 6) is 0. The molecule has 1 radical (unpaired) electrons. The van der Waals surface area contributed by atoms with Crippen molar-refractivity contribution in [1.82, 2.24) is 0 Å². The van der Waals surface area contributed by atoms with Gasteiger partial charge in [0, 0.05) is 28.9 Å². The zero-order chi connectivity index (χ0) is 10.8. The lowest BCUT2D eigenvalue weighted by Crippen LogP contribution is -2.36. The van der Waals surface area contributed by atoms with Crippen LogP contribution in [-0.2, 0) is 4.74 Å². The van der Waals surface area contributed by atoms with Gasteiger partial charge in [0.05, 0.1) is 24.3 Å². The van der Waals surface area contributed by atoms with Crippen molar-refractivity contribution < 1.29 is 4.74 Å². The summed E-state index contributed by atoms with van der Waals surface area (Å²) in [6.07, 6.45) is 0. The van der Waals surface area contributed by atoms with Gasteiger partial charge in [-0.3, -0.25) is 0 Å². The lowest BCUT2D eigenvalue weighted by atomic mass is 10.2. The Morgan fingerprint density at radius 1 is 1.31 bits per heavy atom. The summed E-state index contributed by atoms with van der Waals surface area (Å²) in [4.78, 5) is 3.70. The van der Waals surface area contributed by atoms with E-state index in [4.69, 9.17) is 4.74 Å². The first-order chi connectivity index (χ1) is 7.95. The van der Waals surface area contributed by atoms with Crippen molar-refractivity contribution in [2.24, 2.45) is 0 Å². The molecule has 0 spiro atoms. The highest BCUT2D eigenvalue weighted by Crippen LogP contribution is 2.36. The maximum atomic E-state index is 5.38. The van der Waals surface area contributed by atoms with Crippen molar-refractivity contribution in [1.29, 1.82) is 0 Å². The largest absolute Gasteiger partial charge is 0.378 e. The van der Waals surface area contributed by atoms with Gasteiger partial charge in [0.2, 0.25) is 0 Å². The Morgan fingerprint density at radius 3 is 2.94 bits per heavy atom. The highest BCUT2D eigenvalue weighted by molar-refractivity contribution is 7.14. The molecule has 0 aromatic carbocycles. The van der Waals surface area contributed by atoms with Crippen LogP contribution >= 0.6 is 22.7 Å². The summed E-state index contributed by atoms with van der Waals surface area (Å²) in [6, 6.07) is 4.27. The number of anilines is 1. The SMILES string of the molecule is [c]1scc(-c2cccs2)c1N1CCOCC1. The fourth-order valence-corrected chi connectivity index (χ4v) is 3.47. The van der Waals surface area contributed by atoms with Crippen LogP contribution < -0.4 is 4.90 Å². The van der Waals surface area contributed by atoms with E-state index in [1.807, 2.05) is 0 Å². The first-order valence-electron chi connectivity index (χ1n) is 5.31. The first-order valence-corrected chi connectivity index (χ1v) is 7.07.